The second kappa shape index (κ2) is 9.78. The highest BCUT2D eigenvalue weighted by Crippen LogP contribution is 2.52. The molecule has 0 fully saturated rings. The number of benzene rings is 6. The van der Waals surface area contributed by atoms with Crippen LogP contribution >= 0.6 is 0 Å². The molecule has 45 heavy (non-hydrogen) atoms. The first kappa shape index (κ1) is 26.6. The Hall–Kier alpha value is -5.97. The molecule has 6 aromatic carbocycles. The van der Waals surface area contributed by atoms with Crippen molar-refractivity contribution in [3.05, 3.63) is 149 Å². The lowest BCUT2D eigenvalue weighted by Crippen LogP contribution is -2.15. The summed E-state index contributed by atoms with van der Waals surface area (Å²) in [6.07, 6.45) is 0. The largest absolute Gasteiger partial charge is 0.308 e. The summed E-state index contributed by atoms with van der Waals surface area (Å²) < 4.78 is 18.5. The number of halogens is 1. The smallest absolute Gasteiger partial charge is 0.160 e. The van der Waals surface area contributed by atoms with E-state index in [4.69, 9.17) is 0 Å². The molecule has 7 aromatic rings. The van der Waals surface area contributed by atoms with E-state index in [9.17, 15) is 10.5 Å². The molecule has 0 atom stereocenters. The van der Waals surface area contributed by atoms with E-state index in [0.717, 1.165) is 21.8 Å². The average molecular weight is 580 g/mol. The Balaban J connectivity index is 1.63. The van der Waals surface area contributed by atoms with E-state index in [1.54, 1.807) is 0 Å². The first-order valence-electron chi connectivity index (χ1n) is 14.9. The highest BCUT2D eigenvalue weighted by atomic mass is 19.1. The number of hydrogen-bond acceptors (Lipinski definition) is 2. The predicted octanol–water partition coefficient (Wildman–Crippen LogP) is 10.3. The van der Waals surface area contributed by atoms with Crippen molar-refractivity contribution in [2.75, 3.05) is 0 Å². The molecule has 0 spiro atoms. The first-order valence-corrected chi connectivity index (χ1v) is 14.9. The molecule has 8 rings (SSSR count). The Morgan fingerprint density at radius 1 is 0.578 bits per heavy atom. The van der Waals surface area contributed by atoms with Crippen molar-refractivity contribution < 1.29 is 4.39 Å². The van der Waals surface area contributed by atoms with Crippen LogP contribution in [-0.2, 0) is 5.41 Å². The minimum Gasteiger partial charge on any atom is -0.308 e. The van der Waals surface area contributed by atoms with Crippen molar-refractivity contribution >= 4 is 21.8 Å². The van der Waals surface area contributed by atoms with Crippen LogP contribution in [-0.4, -0.2) is 4.57 Å². The fourth-order valence-corrected chi connectivity index (χ4v) is 7.32. The molecular weight excluding hydrogens is 553 g/mol. The van der Waals surface area contributed by atoms with Crippen LogP contribution in [0.15, 0.2) is 121 Å². The Kier molecular flexibility index (Phi) is 5.79. The quantitative estimate of drug-likeness (QED) is 0.209. The van der Waals surface area contributed by atoms with Crippen LogP contribution in [0.2, 0.25) is 0 Å². The fourth-order valence-electron chi connectivity index (χ4n) is 7.32. The third-order valence-corrected chi connectivity index (χ3v) is 9.36. The molecule has 212 valence electrons. The number of rotatable bonds is 3. The van der Waals surface area contributed by atoms with Gasteiger partial charge in [-0.1, -0.05) is 117 Å². The maximum absolute atomic E-state index is 16.4. The van der Waals surface area contributed by atoms with Crippen molar-refractivity contribution in [1.29, 1.82) is 10.5 Å². The molecule has 0 saturated heterocycles. The molecule has 0 N–H and O–H groups in total. The minimum absolute atomic E-state index is 0.146. The molecule has 4 heteroatoms. The van der Waals surface area contributed by atoms with E-state index in [2.05, 4.69) is 79.1 Å². The maximum Gasteiger partial charge on any atom is 0.160 e. The molecule has 1 aliphatic rings. The summed E-state index contributed by atoms with van der Waals surface area (Å²) in [6, 6.07) is 44.5. The van der Waals surface area contributed by atoms with E-state index in [1.165, 1.54) is 22.3 Å². The van der Waals surface area contributed by atoms with Crippen LogP contribution in [0.25, 0.3) is 60.9 Å². The van der Waals surface area contributed by atoms with Gasteiger partial charge in [0.05, 0.1) is 27.8 Å². The van der Waals surface area contributed by atoms with Gasteiger partial charge < -0.3 is 4.57 Å². The number of nitriles is 2. The molecule has 0 radical (unpaired) electrons. The average Bonchev–Trinajstić information content (AvgIpc) is 3.52. The van der Waals surface area contributed by atoms with Crippen LogP contribution in [0, 0.1) is 28.5 Å². The van der Waals surface area contributed by atoms with E-state index >= 15 is 4.39 Å². The lowest BCUT2D eigenvalue weighted by Gasteiger charge is -2.24. The van der Waals surface area contributed by atoms with Gasteiger partial charge in [0.15, 0.2) is 5.82 Å². The molecule has 0 bridgehead atoms. The highest BCUT2D eigenvalue weighted by Gasteiger charge is 2.37. The summed E-state index contributed by atoms with van der Waals surface area (Å²) in [4.78, 5) is 0. The van der Waals surface area contributed by atoms with E-state index in [0.29, 0.717) is 27.9 Å². The topological polar surface area (TPSA) is 52.5 Å². The van der Waals surface area contributed by atoms with Gasteiger partial charge in [0.1, 0.15) is 12.1 Å². The molecule has 3 nitrogen and oxygen atoms in total. The van der Waals surface area contributed by atoms with Crippen LogP contribution in [0.1, 0.15) is 36.1 Å². The number of nitrogens with zero attached hydrogens (tertiary/aromatic N) is 3. The van der Waals surface area contributed by atoms with Gasteiger partial charge in [-0.25, -0.2) is 4.39 Å². The van der Waals surface area contributed by atoms with Crippen molar-refractivity contribution in [3.63, 3.8) is 0 Å². The second-order valence-electron chi connectivity index (χ2n) is 12.1. The zero-order valence-electron chi connectivity index (χ0n) is 24.8. The van der Waals surface area contributed by atoms with Gasteiger partial charge in [-0.2, -0.15) is 10.5 Å². The normalized spacial score (nSPS) is 12.9. The van der Waals surface area contributed by atoms with Crippen LogP contribution in [0.4, 0.5) is 4.39 Å². The van der Waals surface area contributed by atoms with Crippen molar-refractivity contribution in [1.82, 2.24) is 4.57 Å². The summed E-state index contributed by atoms with van der Waals surface area (Å²) in [5.74, 6) is -0.806. The van der Waals surface area contributed by atoms with Crippen molar-refractivity contribution in [2.24, 2.45) is 0 Å². The SMILES string of the molecule is CC1(C)c2ccccc2-c2cc3c4ccccc4n(-c4c(-c5ccccc5)c(C#N)c(F)c(C#N)c4-c4ccccc4)c3cc21. The molecule has 0 aliphatic heterocycles. The summed E-state index contributed by atoms with van der Waals surface area (Å²) in [5, 5.41) is 23.0. The van der Waals surface area contributed by atoms with Crippen LogP contribution in [0.5, 0.6) is 0 Å². The third kappa shape index (κ3) is 3.67. The summed E-state index contributed by atoms with van der Waals surface area (Å²) in [6.45, 7) is 4.50. The van der Waals surface area contributed by atoms with Crippen molar-refractivity contribution in [3.8, 4) is 51.2 Å². The molecule has 0 amide bonds. The zero-order chi connectivity index (χ0) is 30.9. The third-order valence-electron chi connectivity index (χ3n) is 9.36. The first-order chi connectivity index (χ1) is 22.0. The number of para-hydroxylation sites is 1. The van der Waals surface area contributed by atoms with E-state index in [1.807, 2.05) is 72.8 Å². The van der Waals surface area contributed by atoms with Gasteiger partial charge in [-0.3, -0.25) is 0 Å². The molecule has 1 heterocycles. The Labute approximate surface area is 260 Å². The van der Waals surface area contributed by atoms with Gasteiger partial charge in [0, 0.05) is 27.3 Å². The molecule has 1 aliphatic carbocycles. The molecule has 0 saturated carbocycles. The molecular formula is C41H26FN3. The Bertz CT molecular complexity index is 2340. The lowest BCUT2D eigenvalue weighted by molar-refractivity contribution is 0.621. The Morgan fingerprint density at radius 3 is 1.76 bits per heavy atom. The number of fused-ring (bicyclic) bond motifs is 6. The van der Waals surface area contributed by atoms with Gasteiger partial charge in [-0.15, -0.1) is 0 Å². The second-order valence-corrected chi connectivity index (χ2v) is 12.1. The van der Waals surface area contributed by atoms with Crippen molar-refractivity contribution in [2.45, 2.75) is 19.3 Å². The summed E-state index contributed by atoms with van der Waals surface area (Å²) in [5.41, 5.74) is 9.14. The summed E-state index contributed by atoms with van der Waals surface area (Å²) in [7, 11) is 0. The number of aromatic nitrogens is 1. The van der Waals surface area contributed by atoms with E-state index in [-0.39, 0.29) is 16.5 Å². The van der Waals surface area contributed by atoms with Crippen LogP contribution < -0.4 is 0 Å². The van der Waals surface area contributed by atoms with Gasteiger partial charge in [0.25, 0.3) is 0 Å². The lowest BCUT2D eigenvalue weighted by atomic mass is 9.82. The minimum atomic E-state index is -0.806. The van der Waals surface area contributed by atoms with Gasteiger partial charge in [0.2, 0.25) is 0 Å². The molecule has 1 aromatic heterocycles. The van der Waals surface area contributed by atoms with Crippen LogP contribution in [0.3, 0.4) is 0 Å². The number of hydrogen-bond donors (Lipinski definition) is 0. The monoisotopic (exact) mass is 579 g/mol. The van der Waals surface area contributed by atoms with Gasteiger partial charge in [-0.05, 0) is 51.6 Å². The maximum atomic E-state index is 16.4. The Morgan fingerprint density at radius 2 is 1.13 bits per heavy atom. The van der Waals surface area contributed by atoms with E-state index < -0.39 is 5.82 Å². The summed E-state index contributed by atoms with van der Waals surface area (Å²) >= 11 is 0. The standard InChI is InChI=1S/C41H26FN3/c1-41(2)33-19-11-9-17-27(33)29-21-30-28-18-10-12-20-35(28)45(36(30)22-34(29)41)40-37(25-13-5-3-6-14-25)31(23-43)39(42)32(24-44)38(40)26-15-7-4-8-16-26/h3-22H,1-2H3. The van der Waals surface area contributed by atoms with Gasteiger partial charge >= 0.3 is 0 Å². The fraction of sp³-hybridized carbons (Fsp3) is 0.0732. The highest BCUT2D eigenvalue weighted by molar-refractivity contribution is 6.13. The predicted molar refractivity (Wildman–Crippen MR) is 179 cm³/mol. The zero-order valence-corrected chi connectivity index (χ0v) is 24.8. The molecule has 0 unspecified atom stereocenters.